The van der Waals surface area contributed by atoms with Gasteiger partial charge in [0.05, 0.1) is 25.1 Å². The van der Waals surface area contributed by atoms with E-state index >= 15 is 0 Å². The van der Waals surface area contributed by atoms with E-state index in [0.29, 0.717) is 5.82 Å². The second-order valence-corrected chi connectivity index (χ2v) is 7.25. The lowest BCUT2D eigenvalue weighted by Crippen LogP contribution is -2.30. The molecule has 0 aliphatic rings. The van der Waals surface area contributed by atoms with Crippen LogP contribution in [0.1, 0.15) is 0 Å². The van der Waals surface area contributed by atoms with Crippen molar-refractivity contribution in [1.82, 2.24) is 14.9 Å². The number of carbonyl (C=O) groups is 1. The molecule has 4 aromatic rings. The summed E-state index contributed by atoms with van der Waals surface area (Å²) in [4.78, 5) is 17.7. The highest BCUT2D eigenvalue weighted by molar-refractivity contribution is 5.85. The molecule has 1 aromatic heterocycles. The molecule has 32 heavy (non-hydrogen) atoms. The lowest BCUT2D eigenvalue weighted by Gasteiger charge is -2.13. The van der Waals surface area contributed by atoms with Crippen LogP contribution in [0.3, 0.4) is 0 Å². The van der Waals surface area contributed by atoms with Crippen molar-refractivity contribution in [1.29, 1.82) is 0 Å². The number of aliphatic hydroxyl groups is 1. The Hall–Kier alpha value is -3.90. The van der Waals surface area contributed by atoms with Crippen molar-refractivity contribution < 1.29 is 14.6 Å². The summed E-state index contributed by atoms with van der Waals surface area (Å²) in [6.45, 7) is 0.171. The van der Waals surface area contributed by atoms with Gasteiger partial charge in [0.1, 0.15) is 18.1 Å². The Balaban J connectivity index is 1.93. The monoisotopic (exact) mass is 427 g/mol. The van der Waals surface area contributed by atoms with Crippen molar-refractivity contribution in [2.45, 2.75) is 6.54 Å². The third-order valence-corrected chi connectivity index (χ3v) is 5.15. The Morgan fingerprint density at radius 3 is 2.12 bits per heavy atom. The van der Waals surface area contributed by atoms with Gasteiger partial charge in [-0.15, -0.1) is 0 Å². The summed E-state index contributed by atoms with van der Waals surface area (Å²) in [5, 5.41) is 11.9. The number of ether oxygens (including phenoxy) is 1. The van der Waals surface area contributed by atoms with E-state index < -0.39 is 0 Å². The van der Waals surface area contributed by atoms with Gasteiger partial charge in [0, 0.05) is 23.2 Å². The van der Waals surface area contributed by atoms with Gasteiger partial charge in [-0.25, -0.2) is 4.98 Å². The van der Waals surface area contributed by atoms with Gasteiger partial charge < -0.3 is 19.7 Å². The van der Waals surface area contributed by atoms with Crippen LogP contribution in [0.25, 0.3) is 33.9 Å². The van der Waals surface area contributed by atoms with E-state index in [4.69, 9.17) is 14.8 Å². The summed E-state index contributed by atoms with van der Waals surface area (Å²) in [7, 11) is 1.63. The molecule has 0 unspecified atom stereocenters. The molecule has 0 aliphatic carbocycles. The van der Waals surface area contributed by atoms with Crippen molar-refractivity contribution in [3.63, 3.8) is 0 Å². The maximum atomic E-state index is 12.7. The average Bonchev–Trinajstić information content (AvgIpc) is 3.22. The van der Waals surface area contributed by atoms with Crippen molar-refractivity contribution in [2.24, 2.45) is 0 Å². The number of carbonyl (C=O) groups excluding carboxylic acids is 1. The highest BCUT2D eigenvalue weighted by Gasteiger charge is 2.22. The molecule has 1 amide bonds. The third kappa shape index (κ3) is 4.55. The number of nitrogens with one attached hydrogen (secondary N) is 1. The summed E-state index contributed by atoms with van der Waals surface area (Å²) in [6.07, 6.45) is 0. The molecule has 0 atom stereocenters. The van der Waals surface area contributed by atoms with E-state index in [1.54, 1.807) is 7.11 Å². The molecular formula is C26H25N3O3. The van der Waals surface area contributed by atoms with Crippen LogP contribution < -0.4 is 10.1 Å². The van der Waals surface area contributed by atoms with Crippen molar-refractivity contribution >= 4 is 5.91 Å². The summed E-state index contributed by atoms with van der Waals surface area (Å²) < 4.78 is 7.23. The van der Waals surface area contributed by atoms with Crippen LogP contribution in [-0.4, -0.2) is 40.8 Å². The second kappa shape index (κ2) is 9.94. The van der Waals surface area contributed by atoms with E-state index in [0.717, 1.165) is 33.8 Å². The number of methoxy groups -OCH3 is 1. The molecule has 0 bridgehead atoms. The molecule has 4 rings (SSSR count). The predicted molar refractivity (Wildman–Crippen MR) is 125 cm³/mol. The van der Waals surface area contributed by atoms with Crippen LogP contribution in [0.4, 0.5) is 0 Å². The fraction of sp³-hybridized carbons (Fsp3) is 0.154. The zero-order valence-electron chi connectivity index (χ0n) is 17.9. The van der Waals surface area contributed by atoms with Crippen LogP contribution >= 0.6 is 0 Å². The van der Waals surface area contributed by atoms with Crippen LogP contribution in [0.15, 0.2) is 84.9 Å². The third-order valence-electron chi connectivity index (χ3n) is 5.15. The first-order valence-corrected chi connectivity index (χ1v) is 10.4. The molecule has 0 fully saturated rings. The molecule has 1 heterocycles. The minimum Gasteiger partial charge on any atom is -0.497 e. The lowest BCUT2D eigenvalue weighted by molar-refractivity contribution is -0.121. The maximum absolute atomic E-state index is 12.7. The maximum Gasteiger partial charge on any atom is 0.240 e. The van der Waals surface area contributed by atoms with Crippen LogP contribution in [0.5, 0.6) is 5.75 Å². The summed E-state index contributed by atoms with van der Waals surface area (Å²) in [5.41, 5.74) is 4.48. The number of aromatic nitrogens is 2. The Morgan fingerprint density at radius 2 is 1.53 bits per heavy atom. The van der Waals surface area contributed by atoms with Gasteiger partial charge in [-0.1, -0.05) is 60.7 Å². The van der Waals surface area contributed by atoms with Gasteiger partial charge in [0.2, 0.25) is 5.91 Å². The van der Waals surface area contributed by atoms with E-state index in [1.807, 2.05) is 89.5 Å². The van der Waals surface area contributed by atoms with Crippen molar-refractivity contribution in [3.05, 3.63) is 84.9 Å². The molecule has 3 aromatic carbocycles. The number of hydrogen-bond donors (Lipinski definition) is 2. The lowest BCUT2D eigenvalue weighted by atomic mass is 10.0. The Kier molecular flexibility index (Phi) is 6.63. The van der Waals surface area contributed by atoms with E-state index in [9.17, 15) is 4.79 Å². The molecule has 0 radical (unpaired) electrons. The molecule has 0 aliphatic heterocycles. The largest absolute Gasteiger partial charge is 0.497 e. The summed E-state index contributed by atoms with van der Waals surface area (Å²) in [6, 6.07) is 27.5. The van der Waals surface area contributed by atoms with Gasteiger partial charge in [-0.05, 0) is 24.3 Å². The van der Waals surface area contributed by atoms with Crippen molar-refractivity contribution in [2.75, 3.05) is 20.3 Å². The number of rotatable bonds is 8. The minimum atomic E-state index is -0.192. The standard InChI is InChI=1S/C26H25N3O3/c1-32-22-14-12-21(13-15-22)26-28-24(19-8-4-2-5-9-19)25(20-10-6-3-7-11-20)29(26)18-23(31)27-16-17-30/h2-15,30H,16-18H2,1H3,(H,27,31). The molecule has 0 spiro atoms. The molecular weight excluding hydrogens is 402 g/mol. The van der Waals surface area contributed by atoms with Crippen molar-refractivity contribution in [3.8, 4) is 39.7 Å². The average molecular weight is 428 g/mol. The van der Waals surface area contributed by atoms with Crippen LogP contribution in [0, 0.1) is 0 Å². The van der Waals surface area contributed by atoms with Gasteiger partial charge in [-0.2, -0.15) is 0 Å². The summed E-state index contributed by atoms with van der Waals surface area (Å²) in [5.74, 6) is 1.24. The topological polar surface area (TPSA) is 76.4 Å². The summed E-state index contributed by atoms with van der Waals surface area (Å²) >= 11 is 0. The number of hydrogen-bond acceptors (Lipinski definition) is 4. The minimum absolute atomic E-state index is 0.0748. The van der Waals surface area contributed by atoms with E-state index in [1.165, 1.54) is 0 Å². The van der Waals surface area contributed by atoms with Gasteiger partial charge in [0.25, 0.3) is 0 Å². The normalized spacial score (nSPS) is 10.7. The fourth-order valence-corrected chi connectivity index (χ4v) is 3.65. The quantitative estimate of drug-likeness (QED) is 0.446. The first-order valence-electron chi connectivity index (χ1n) is 10.4. The number of nitrogens with zero attached hydrogens (tertiary/aromatic N) is 2. The highest BCUT2D eigenvalue weighted by Crippen LogP contribution is 2.36. The zero-order chi connectivity index (χ0) is 22.3. The van der Waals surface area contributed by atoms with Crippen LogP contribution in [-0.2, 0) is 11.3 Å². The fourth-order valence-electron chi connectivity index (χ4n) is 3.65. The predicted octanol–water partition coefficient (Wildman–Crippen LogP) is 4.00. The van der Waals surface area contributed by atoms with Gasteiger partial charge in [-0.3, -0.25) is 4.79 Å². The SMILES string of the molecule is COc1ccc(-c2nc(-c3ccccc3)c(-c3ccccc3)n2CC(=O)NCCO)cc1. The molecule has 0 saturated carbocycles. The molecule has 6 nitrogen and oxygen atoms in total. The first kappa shape index (κ1) is 21.3. The number of aliphatic hydroxyl groups excluding tert-OH is 1. The zero-order valence-corrected chi connectivity index (χ0v) is 17.9. The van der Waals surface area contributed by atoms with E-state index in [2.05, 4.69) is 5.32 Å². The Labute approximate surface area is 187 Å². The molecule has 0 saturated heterocycles. The van der Waals surface area contributed by atoms with Crippen LogP contribution in [0.2, 0.25) is 0 Å². The highest BCUT2D eigenvalue weighted by atomic mass is 16.5. The second-order valence-electron chi connectivity index (χ2n) is 7.25. The van der Waals surface area contributed by atoms with Gasteiger partial charge >= 0.3 is 0 Å². The Morgan fingerprint density at radius 1 is 0.906 bits per heavy atom. The first-order chi connectivity index (χ1) is 15.7. The number of amides is 1. The smallest absolute Gasteiger partial charge is 0.240 e. The van der Waals surface area contributed by atoms with Gasteiger partial charge in [0.15, 0.2) is 0 Å². The molecule has 162 valence electrons. The van der Waals surface area contributed by atoms with E-state index in [-0.39, 0.29) is 25.6 Å². The number of imidazole rings is 1. The molecule has 2 N–H and O–H groups in total. The molecule has 6 heteroatoms. The number of benzene rings is 3. The Bertz CT molecular complexity index is 1170.